The van der Waals surface area contributed by atoms with Crippen LogP contribution in [-0.4, -0.2) is 57.3 Å². The van der Waals surface area contributed by atoms with Gasteiger partial charge < -0.3 is 14.8 Å². The molecule has 0 saturated heterocycles. The van der Waals surface area contributed by atoms with Crippen LogP contribution in [0.2, 0.25) is 0 Å². The third-order valence-corrected chi connectivity index (χ3v) is 2.43. The quantitative estimate of drug-likeness (QED) is 0.617. The number of carbonyl (C=O) groups excluding carboxylic acids is 3. The van der Waals surface area contributed by atoms with Gasteiger partial charge in [-0.05, 0) is 32.4 Å². The van der Waals surface area contributed by atoms with E-state index in [4.69, 9.17) is 4.74 Å². The van der Waals surface area contributed by atoms with E-state index < -0.39 is 29.6 Å². The Kier molecular flexibility index (Phi) is 6.42. The Hall–Kier alpha value is -2.72. The van der Waals surface area contributed by atoms with Crippen LogP contribution in [0.4, 0.5) is 10.7 Å². The van der Waals surface area contributed by atoms with Gasteiger partial charge in [-0.1, -0.05) is 5.10 Å². The highest BCUT2D eigenvalue weighted by Gasteiger charge is 2.25. The highest BCUT2D eigenvalue weighted by atomic mass is 16.6. The molecule has 0 saturated carbocycles. The molecular weight excluding hydrogens is 308 g/mol. The number of rotatable bonds is 6. The minimum absolute atomic E-state index is 0.0183. The Bertz CT molecular complexity index is 539. The first-order valence-corrected chi connectivity index (χ1v) is 6.82. The number of nitrogens with zero attached hydrogens (tertiary/aromatic N) is 3. The zero-order valence-corrected chi connectivity index (χ0v) is 13.4. The summed E-state index contributed by atoms with van der Waals surface area (Å²) in [6.45, 7) is 5.08. The molecule has 0 fully saturated rings. The molecule has 0 unspecified atom stereocenters. The molecule has 1 aromatic heterocycles. The lowest BCUT2D eigenvalue weighted by atomic mass is 10.1. The second kappa shape index (κ2) is 8.06. The lowest BCUT2D eigenvalue weighted by Gasteiger charge is -2.22. The van der Waals surface area contributed by atoms with Crippen LogP contribution < -0.4 is 10.6 Å². The van der Waals surface area contributed by atoms with E-state index in [1.165, 1.54) is 7.11 Å². The number of aromatic amines is 1. The number of tetrazole rings is 1. The molecule has 1 heterocycles. The van der Waals surface area contributed by atoms with Crippen molar-refractivity contribution >= 4 is 23.9 Å². The summed E-state index contributed by atoms with van der Waals surface area (Å²) in [4.78, 5) is 35.1. The Morgan fingerprint density at radius 3 is 2.52 bits per heavy atom. The molecular formula is C12H20N6O5. The lowest BCUT2D eigenvalue weighted by molar-refractivity contribution is -0.143. The summed E-state index contributed by atoms with van der Waals surface area (Å²) in [5.41, 5.74) is -0.708. The number of aromatic nitrogens is 4. The van der Waals surface area contributed by atoms with Gasteiger partial charge in [0.2, 0.25) is 5.91 Å². The number of hydrogen-bond donors (Lipinski definition) is 3. The van der Waals surface area contributed by atoms with Crippen LogP contribution in [0.15, 0.2) is 0 Å². The molecule has 1 atom stereocenters. The average Bonchev–Trinajstić information content (AvgIpc) is 2.93. The number of amides is 2. The molecule has 0 aliphatic heterocycles. The number of ether oxygens (including phenoxy) is 2. The Morgan fingerprint density at radius 2 is 2.00 bits per heavy atom. The van der Waals surface area contributed by atoms with Crippen LogP contribution >= 0.6 is 0 Å². The van der Waals surface area contributed by atoms with Crippen LogP contribution in [0.25, 0.3) is 0 Å². The van der Waals surface area contributed by atoms with Crippen molar-refractivity contribution < 1.29 is 23.9 Å². The highest BCUT2D eigenvalue weighted by molar-refractivity contribution is 5.89. The zero-order chi connectivity index (χ0) is 17.5. The number of esters is 1. The third kappa shape index (κ3) is 7.20. The predicted molar refractivity (Wildman–Crippen MR) is 77.2 cm³/mol. The summed E-state index contributed by atoms with van der Waals surface area (Å²) >= 11 is 0. The van der Waals surface area contributed by atoms with Crippen molar-refractivity contribution in [2.24, 2.45) is 0 Å². The molecule has 23 heavy (non-hydrogen) atoms. The van der Waals surface area contributed by atoms with Crippen LogP contribution in [-0.2, 0) is 19.1 Å². The molecule has 1 rings (SSSR count). The first-order valence-electron chi connectivity index (χ1n) is 6.82. The van der Waals surface area contributed by atoms with Gasteiger partial charge >= 0.3 is 12.1 Å². The fourth-order valence-corrected chi connectivity index (χ4v) is 1.52. The smallest absolute Gasteiger partial charge is 0.408 e. The summed E-state index contributed by atoms with van der Waals surface area (Å²) in [6, 6.07) is -1.01. The molecule has 0 aliphatic rings. The van der Waals surface area contributed by atoms with E-state index >= 15 is 0 Å². The molecule has 11 nitrogen and oxygen atoms in total. The highest BCUT2D eigenvalue weighted by Crippen LogP contribution is 2.08. The maximum atomic E-state index is 11.7. The summed E-state index contributed by atoms with van der Waals surface area (Å²) in [5, 5.41) is 17.3. The molecule has 0 bridgehead atoms. The van der Waals surface area contributed by atoms with Gasteiger partial charge in [0.05, 0.1) is 7.11 Å². The van der Waals surface area contributed by atoms with Crippen molar-refractivity contribution in [3.8, 4) is 0 Å². The molecule has 0 radical (unpaired) electrons. The van der Waals surface area contributed by atoms with Crippen molar-refractivity contribution in [3.05, 3.63) is 0 Å². The first kappa shape index (κ1) is 18.3. The molecule has 0 spiro atoms. The summed E-state index contributed by atoms with van der Waals surface area (Å²) < 4.78 is 9.67. The number of methoxy groups -OCH3 is 1. The Morgan fingerprint density at radius 1 is 1.30 bits per heavy atom. The molecule has 11 heteroatoms. The first-order chi connectivity index (χ1) is 10.7. The Balaban J connectivity index is 2.52. The number of hydrogen-bond acceptors (Lipinski definition) is 8. The van der Waals surface area contributed by atoms with E-state index in [9.17, 15) is 14.4 Å². The number of H-pyrrole nitrogens is 1. The number of nitrogens with one attached hydrogen (secondary N) is 3. The number of alkyl carbamates (subject to hydrolysis) is 1. The summed E-state index contributed by atoms with van der Waals surface area (Å²) in [5.74, 6) is -1.10. The van der Waals surface area contributed by atoms with Gasteiger partial charge in [0, 0.05) is 6.42 Å². The van der Waals surface area contributed by atoms with Crippen molar-refractivity contribution in [2.45, 2.75) is 45.3 Å². The average molecular weight is 328 g/mol. The van der Waals surface area contributed by atoms with Crippen LogP contribution in [0.1, 0.15) is 33.6 Å². The molecule has 0 aromatic carbocycles. The molecule has 128 valence electrons. The molecule has 3 N–H and O–H groups in total. The van der Waals surface area contributed by atoms with Crippen LogP contribution in [0.5, 0.6) is 0 Å². The largest absolute Gasteiger partial charge is 0.467 e. The van der Waals surface area contributed by atoms with Gasteiger partial charge in [-0.3, -0.25) is 10.1 Å². The molecule has 2 amide bonds. The second-order valence-electron chi connectivity index (χ2n) is 5.54. The Labute approximate surface area is 132 Å². The van der Waals surface area contributed by atoms with E-state index in [0.29, 0.717) is 0 Å². The van der Waals surface area contributed by atoms with Gasteiger partial charge in [-0.25, -0.2) is 9.59 Å². The van der Waals surface area contributed by atoms with Gasteiger partial charge in [-0.15, -0.1) is 5.10 Å². The topological polar surface area (TPSA) is 148 Å². The van der Waals surface area contributed by atoms with Crippen molar-refractivity contribution in [3.63, 3.8) is 0 Å². The van der Waals surface area contributed by atoms with Gasteiger partial charge in [-0.2, -0.15) is 5.21 Å². The monoisotopic (exact) mass is 328 g/mol. The van der Waals surface area contributed by atoms with Crippen molar-refractivity contribution in [1.82, 2.24) is 25.9 Å². The maximum absolute atomic E-state index is 11.7. The summed E-state index contributed by atoms with van der Waals surface area (Å²) in [7, 11) is 1.19. The third-order valence-electron chi connectivity index (χ3n) is 2.43. The summed E-state index contributed by atoms with van der Waals surface area (Å²) in [6.07, 6.45) is -0.814. The van der Waals surface area contributed by atoms with Gasteiger partial charge in [0.1, 0.15) is 11.6 Å². The van der Waals surface area contributed by atoms with Crippen molar-refractivity contribution in [2.75, 3.05) is 12.4 Å². The SMILES string of the molecule is COC(=O)[C@H](CCC(=O)Nc1nn[nH]n1)NC(=O)OC(C)(C)C. The van der Waals surface area contributed by atoms with Crippen molar-refractivity contribution in [1.29, 1.82) is 0 Å². The number of anilines is 1. The van der Waals surface area contributed by atoms with E-state index in [1.54, 1.807) is 20.8 Å². The second-order valence-corrected chi connectivity index (χ2v) is 5.54. The fourth-order valence-electron chi connectivity index (χ4n) is 1.52. The fraction of sp³-hybridized carbons (Fsp3) is 0.667. The van der Waals surface area contributed by atoms with Crippen LogP contribution in [0.3, 0.4) is 0 Å². The van der Waals surface area contributed by atoms with E-state index in [0.717, 1.165) is 0 Å². The maximum Gasteiger partial charge on any atom is 0.408 e. The minimum atomic E-state index is -1.01. The predicted octanol–water partition coefficient (Wildman–Crippen LogP) is -0.0153. The van der Waals surface area contributed by atoms with Crippen LogP contribution in [0, 0.1) is 0 Å². The van der Waals surface area contributed by atoms with E-state index in [1.807, 2.05) is 0 Å². The van der Waals surface area contributed by atoms with Gasteiger partial charge in [0.25, 0.3) is 5.95 Å². The van der Waals surface area contributed by atoms with E-state index in [-0.39, 0.29) is 18.8 Å². The lowest BCUT2D eigenvalue weighted by Crippen LogP contribution is -2.44. The standard InChI is InChI=1S/C12H20N6O5/c1-12(2,3)23-11(21)13-7(9(20)22-4)5-6-8(19)14-10-15-17-18-16-10/h7H,5-6H2,1-4H3,(H,13,21)(H2,14,15,16,17,18,19)/t7-/m0/s1. The molecule has 1 aromatic rings. The number of carbonyl (C=O) groups is 3. The zero-order valence-electron chi connectivity index (χ0n) is 13.4. The normalized spacial score (nSPS) is 12.2. The van der Waals surface area contributed by atoms with Gasteiger partial charge in [0.15, 0.2) is 0 Å². The van der Waals surface area contributed by atoms with E-state index in [2.05, 4.69) is 36.0 Å². The minimum Gasteiger partial charge on any atom is -0.467 e. The molecule has 0 aliphatic carbocycles.